The third kappa shape index (κ3) is 4.81. The smallest absolute Gasteiger partial charge is 0.167 e. The molecule has 154 valence electrons. The van der Waals surface area contributed by atoms with E-state index in [9.17, 15) is 0 Å². The van der Waals surface area contributed by atoms with Crippen LogP contribution in [-0.4, -0.2) is 33.4 Å². The highest BCUT2D eigenvalue weighted by molar-refractivity contribution is 5.75. The van der Waals surface area contributed by atoms with Crippen LogP contribution in [0.2, 0.25) is 0 Å². The number of nitrogens with zero attached hydrogens (tertiary/aromatic N) is 1. The summed E-state index contributed by atoms with van der Waals surface area (Å²) in [4.78, 5) is 4.68. The minimum atomic E-state index is 0.691. The second-order valence-electron chi connectivity index (χ2n) is 6.32. The van der Waals surface area contributed by atoms with Crippen LogP contribution in [0.4, 0.5) is 0 Å². The van der Waals surface area contributed by atoms with Gasteiger partial charge in [-0.2, -0.15) is 0 Å². The first kappa shape index (κ1) is 21.0. The largest absolute Gasteiger partial charge is 0.493 e. The van der Waals surface area contributed by atoms with E-state index in [0.717, 1.165) is 22.5 Å². The normalized spacial score (nSPS) is 11.1. The van der Waals surface area contributed by atoms with E-state index in [0.29, 0.717) is 23.0 Å². The maximum Gasteiger partial charge on any atom is 0.167 e. The van der Waals surface area contributed by atoms with Crippen molar-refractivity contribution in [3.8, 4) is 23.0 Å². The zero-order valence-electron chi connectivity index (χ0n) is 17.6. The lowest BCUT2D eigenvalue weighted by Gasteiger charge is -2.10. The van der Waals surface area contributed by atoms with Crippen molar-refractivity contribution in [2.24, 2.45) is 0 Å². The highest BCUT2D eigenvalue weighted by atomic mass is 16.5. The molecule has 0 atom stereocenters. The molecular formula is C25H25NO4. The molecule has 0 spiro atoms. The van der Waals surface area contributed by atoms with Crippen molar-refractivity contribution in [2.45, 2.75) is 0 Å². The van der Waals surface area contributed by atoms with Gasteiger partial charge in [0.15, 0.2) is 23.0 Å². The molecule has 0 saturated heterocycles. The third-order valence-electron chi connectivity index (χ3n) is 4.53. The minimum Gasteiger partial charge on any atom is -0.493 e. The summed E-state index contributed by atoms with van der Waals surface area (Å²) < 4.78 is 21.7. The Labute approximate surface area is 177 Å². The first-order valence-corrected chi connectivity index (χ1v) is 9.45. The summed E-state index contributed by atoms with van der Waals surface area (Å²) in [7, 11) is 6.51. The van der Waals surface area contributed by atoms with Gasteiger partial charge >= 0.3 is 0 Å². The Bertz CT molecular complexity index is 976. The molecule has 30 heavy (non-hydrogen) atoms. The van der Waals surface area contributed by atoms with Crippen molar-refractivity contribution >= 4 is 24.3 Å². The summed E-state index contributed by atoms with van der Waals surface area (Å²) in [5.41, 5.74) is 3.50. The third-order valence-corrected chi connectivity index (χ3v) is 4.53. The highest BCUT2D eigenvalue weighted by Crippen LogP contribution is 2.33. The molecule has 5 heteroatoms. The van der Waals surface area contributed by atoms with E-state index in [-0.39, 0.29) is 0 Å². The van der Waals surface area contributed by atoms with Gasteiger partial charge in [-0.1, -0.05) is 30.3 Å². The number of rotatable bonds is 8. The van der Waals surface area contributed by atoms with Crippen LogP contribution in [0.1, 0.15) is 22.5 Å². The van der Waals surface area contributed by atoms with Crippen molar-refractivity contribution in [1.29, 1.82) is 0 Å². The second-order valence-corrected chi connectivity index (χ2v) is 6.32. The first-order chi connectivity index (χ1) is 14.7. The maximum atomic E-state index is 5.48. The predicted octanol–water partition coefficient (Wildman–Crippen LogP) is 5.46. The van der Waals surface area contributed by atoms with Gasteiger partial charge in [-0.3, -0.25) is 0 Å². The Hall–Kier alpha value is -3.73. The van der Waals surface area contributed by atoms with E-state index in [1.807, 2.05) is 78.9 Å². The number of hydrogen-bond acceptors (Lipinski definition) is 5. The van der Waals surface area contributed by atoms with Crippen LogP contribution >= 0.6 is 0 Å². The zero-order valence-corrected chi connectivity index (χ0v) is 17.6. The summed E-state index contributed by atoms with van der Waals surface area (Å²) in [6.07, 6.45) is 7.81. The molecule has 2 aromatic carbocycles. The molecule has 0 aliphatic rings. The van der Waals surface area contributed by atoms with Gasteiger partial charge in [0.05, 0.1) is 39.8 Å². The van der Waals surface area contributed by atoms with Crippen LogP contribution in [0.5, 0.6) is 23.0 Å². The molecule has 0 unspecified atom stereocenters. The Balaban J connectivity index is 1.84. The molecule has 0 N–H and O–H groups in total. The molecule has 3 rings (SSSR count). The summed E-state index contributed by atoms with van der Waals surface area (Å²) in [5.74, 6) is 2.77. The summed E-state index contributed by atoms with van der Waals surface area (Å²) in [6, 6.07) is 17.4. The van der Waals surface area contributed by atoms with Gasteiger partial charge < -0.3 is 18.9 Å². The SMILES string of the molecule is COc1cccc(/C=C/c2cccc(/C=C/c3cccc(OC)c3OC)n2)c1OC. The number of methoxy groups -OCH3 is 4. The molecule has 1 aromatic heterocycles. The monoisotopic (exact) mass is 403 g/mol. The Morgan fingerprint density at radius 3 is 1.37 bits per heavy atom. The van der Waals surface area contributed by atoms with E-state index in [1.54, 1.807) is 28.4 Å². The number of pyridine rings is 1. The van der Waals surface area contributed by atoms with Gasteiger partial charge in [-0.15, -0.1) is 0 Å². The van der Waals surface area contributed by atoms with Gasteiger partial charge in [0.25, 0.3) is 0 Å². The average Bonchev–Trinajstić information content (AvgIpc) is 2.80. The first-order valence-electron chi connectivity index (χ1n) is 9.45. The zero-order chi connectivity index (χ0) is 21.3. The average molecular weight is 403 g/mol. The molecular weight excluding hydrogens is 378 g/mol. The van der Waals surface area contributed by atoms with Gasteiger partial charge in [0.1, 0.15) is 0 Å². The van der Waals surface area contributed by atoms with Crippen LogP contribution in [0.25, 0.3) is 24.3 Å². The molecule has 5 nitrogen and oxygen atoms in total. The van der Waals surface area contributed by atoms with Crippen molar-refractivity contribution < 1.29 is 18.9 Å². The van der Waals surface area contributed by atoms with Crippen LogP contribution in [0.15, 0.2) is 54.6 Å². The number of benzene rings is 2. The Morgan fingerprint density at radius 1 is 0.533 bits per heavy atom. The van der Waals surface area contributed by atoms with E-state index < -0.39 is 0 Å². The van der Waals surface area contributed by atoms with Crippen molar-refractivity contribution in [3.05, 3.63) is 77.1 Å². The topological polar surface area (TPSA) is 49.8 Å². The highest BCUT2D eigenvalue weighted by Gasteiger charge is 2.08. The molecule has 1 heterocycles. The molecule has 3 aromatic rings. The van der Waals surface area contributed by atoms with Gasteiger partial charge in [0.2, 0.25) is 0 Å². The van der Waals surface area contributed by atoms with Gasteiger partial charge in [-0.25, -0.2) is 4.98 Å². The van der Waals surface area contributed by atoms with Gasteiger partial charge in [0, 0.05) is 11.1 Å². The molecule has 0 amide bonds. The fraction of sp³-hybridized carbons (Fsp3) is 0.160. The van der Waals surface area contributed by atoms with E-state index in [4.69, 9.17) is 18.9 Å². The Morgan fingerprint density at radius 2 is 0.967 bits per heavy atom. The fourth-order valence-electron chi connectivity index (χ4n) is 3.09. The van der Waals surface area contributed by atoms with E-state index >= 15 is 0 Å². The number of ether oxygens (including phenoxy) is 4. The molecule has 0 fully saturated rings. The van der Waals surface area contributed by atoms with Crippen molar-refractivity contribution in [3.63, 3.8) is 0 Å². The van der Waals surface area contributed by atoms with Crippen LogP contribution in [-0.2, 0) is 0 Å². The second kappa shape index (κ2) is 10.2. The number of hydrogen-bond donors (Lipinski definition) is 0. The number of para-hydroxylation sites is 2. The summed E-state index contributed by atoms with van der Waals surface area (Å²) >= 11 is 0. The van der Waals surface area contributed by atoms with Crippen LogP contribution < -0.4 is 18.9 Å². The quantitative estimate of drug-likeness (QED) is 0.500. The summed E-state index contributed by atoms with van der Waals surface area (Å²) in [5, 5.41) is 0. The lowest BCUT2D eigenvalue weighted by atomic mass is 10.1. The molecule has 0 aliphatic carbocycles. The molecule has 0 radical (unpaired) electrons. The standard InChI is InChI=1S/C25H25NO4/c1-27-22-12-5-8-18(24(22)29-3)14-16-20-10-7-11-21(26-20)17-15-19-9-6-13-23(28-2)25(19)30-4/h5-17H,1-4H3/b16-14+,17-15+. The lowest BCUT2D eigenvalue weighted by molar-refractivity contribution is 0.354. The lowest BCUT2D eigenvalue weighted by Crippen LogP contribution is -1.93. The molecule has 0 aliphatic heterocycles. The molecule has 0 saturated carbocycles. The predicted molar refractivity (Wildman–Crippen MR) is 121 cm³/mol. The molecule has 0 bridgehead atoms. The van der Waals surface area contributed by atoms with Crippen molar-refractivity contribution in [2.75, 3.05) is 28.4 Å². The van der Waals surface area contributed by atoms with Crippen LogP contribution in [0, 0.1) is 0 Å². The summed E-state index contributed by atoms with van der Waals surface area (Å²) in [6.45, 7) is 0. The van der Waals surface area contributed by atoms with Crippen molar-refractivity contribution in [1.82, 2.24) is 4.98 Å². The fourth-order valence-corrected chi connectivity index (χ4v) is 3.09. The van der Waals surface area contributed by atoms with Gasteiger partial charge in [-0.05, 0) is 48.6 Å². The number of aromatic nitrogens is 1. The van der Waals surface area contributed by atoms with Crippen LogP contribution in [0.3, 0.4) is 0 Å². The maximum absolute atomic E-state index is 5.48. The Kier molecular flexibility index (Phi) is 7.11. The van der Waals surface area contributed by atoms with E-state index in [2.05, 4.69) is 4.98 Å². The minimum absolute atomic E-state index is 0.691. The van der Waals surface area contributed by atoms with E-state index in [1.165, 1.54) is 0 Å².